The molecule has 2 amide bonds. The van der Waals surface area contributed by atoms with Crippen molar-refractivity contribution < 1.29 is 102 Å². The van der Waals surface area contributed by atoms with Gasteiger partial charge < -0.3 is 34.7 Å². The number of likely N-dealkylation sites (tertiary alicyclic amines) is 1. The first kappa shape index (κ1) is 44.0. The molecule has 13 nitrogen and oxygen atoms in total. The third-order valence-corrected chi connectivity index (χ3v) is 10.00. The van der Waals surface area contributed by atoms with Crippen LogP contribution >= 0.6 is 0 Å². The summed E-state index contributed by atoms with van der Waals surface area (Å²) >= 11 is 0. The van der Waals surface area contributed by atoms with Crippen LogP contribution in [0.5, 0.6) is 0 Å². The van der Waals surface area contributed by atoms with E-state index < -0.39 is 71.6 Å². The van der Waals surface area contributed by atoms with Gasteiger partial charge in [0.1, 0.15) is 18.7 Å². The summed E-state index contributed by atoms with van der Waals surface area (Å²) in [6, 6.07) is 12.3. The number of para-hydroxylation sites is 2. The summed E-state index contributed by atoms with van der Waals surface area (Å²) in [7, 11) is 0. The minimum absolute atomic E-state index is 0. The van der Waals surface area contributed by atoms with Crippen molar-refractivity contribution in [2.45, 2.75) is 75.8 Å². The molecule has 1 aliphatic heterocycles. The van der Waals surface area contributed by atoms with Crippen molar-refractivity contribution in [2.24, 2.45) is 0 Å². The molecule has 0 radical (unpaired) electrons. The van der Waals surface area contributed by atoms with Crippen LogP contribution in [0.25, 0.3) is 21.8 Å². The van der Waals surface area contributed by atoms with Gasteiger partial charge in [0.25, 0.3) is 5.91 Å². The second-order valence-electron chi connectivity index (χ2n) is 14.0. The van der Waals surface area contributed by atoms with E-state index in [2.05, 4.69) is 30.9 Å². The number of unbranched alkanes of at least 4 members (excludes halogenated alkanes) is 1. The fourth-order valence-corrected chi connectivity index (χ4v) is 7.21. The third-order valence-electron chi connectivity index (χ3n) is 10.00. The summed E-state index contributed by atoms with van der Waals surface area (Å²) in [5.41, 5.74) is -1.45. The van der Waals surface area contributed by atoms with Crippen molar-refractivity contribution >= 4 is 39.6 Å². The van der Waals surface area contributed by atoms with E-state index in [4.69, 9.17) is 4.74 Å². The van der Waals surface area contributed by atoms with Crippen LogP contribution < -0.4 is 61.8 Å². The molecule has 1 saturated heterocycles. The average molecular weight is 849 g/mol. The van der Waals surface area contributed by atoms with Gasteiger partial charge in [0.2, 0.25) is 5.91 Å². The number of aliphatic hydroxyl groups is 1. The van der Waals surface area contributed by atoms with Gasteiger partial charge in [-0.2, -0.15) is 31.6 Å². The zero-order valence-corrected chi connectivity index (χ0v) is 34.5. The number of fused-ring (bicyclic) bond motifs is 2. The second kappa shape index (κ2) is 18.3. The molecule has 0 aliphatic carbocycles. The molecule has 0 bridgehead atoms. The zero-order valence-electron chi connectivity index (χ0n) is 31.4. The molecule has 6 aromatic rings. The van der Waals surface area contributed by atoms with Crippen LogP contribution in [0.2, 0.25) is 0 Å². The van der Waals surface area contributed by atoms with Gasteiger partial charge >= 0.3 is 69.7 Å². The van der Waals surface area contributed by atoms with Gasteiger partial charge in [-0.15, -0.1) is 0 Å². The normalized spacial score (nSPS) is 16.3. The maximum absolute atomic E-state index is 14.2. The van der Waals surface area contributed by atoms with E-state index in [1.807, 2.05) is 16.7 Å². The molecule has 1 fully saturated rings. The fraction of sp³-hybridized carbons (Fsp3) is 0.333. The van der Waals surface area contributed by atoms with Crippen LogP contribution in [-0.4, -0.2) is 77.6 Å². The number of aryl methyl sites for hydroxylation is 2. The van der Waals surface area contributed by atoms with Gasteiger partial charge in [-0.25, -0.2) is 4.79 Å². The number of nitrogens with zero attached hydrogens (tertiary/aromatic N) is 6. The molecule has 7 rings (SSSR count). The van der Waals surface area contributed by atoms with E-state index in [1.165, 1.54) is 4.90 Å². The van der Waals surface area contributed by atoms with Crippen molar-refractivity contribution in [3.8, 4) is 0 Å². The summed E-state index contributed by atoms with van der Waals surface area (Å²) in [5, 5.41) is 29.3. The molecular formula is C39H35F6KN8O5. The number of β-amino-alcohol motifs (C(OH)–C–C–N with tert-alkyl or cyclic N) is 1. The van der Waals surface area contributed by atoms with E-state index in [0.29, 0.717) is 59.2 Å². The van der Waals surface area contributed by atoms with Gasteiger partial charge in [0, 0.05) is 66.0 Å². The van der Waals surface area contributed by atoms with Crippen molar-refractivity contribution in [1.29, 1.82) is 0 Å². The molecule has 0 spiro atoms. The van der Waals surface area contributed by atoms with Crippen LogP contribution in [0.1, 0.15) is 57.7 Å². The van der Waals surface area contributed by atoms with E-state index in [1.54, 1.807) is 48.8 Å². The molecule has 3 atom stereocenters. The number of hydrogen-bond acceptors (Lipinski definition) is 8. The molecule has 3 aromatic heterocycles. The van der Waals surface area contributed by atoms with E-state index in [-0.39, 0.29) is 82.4 Å². The topological polar surface area (TPSA) is 169 Å². The van der Waals surface area contributed by atoms with E-state index >= 15 is 0 Å². The van der Waals surface area contributed by atoms with Crippen LogP contribution in [0.15, 0.2) is 79.1 Å². The first-order valence-electron chi connectivity index (χ1n) is 18.2. The number of aliphatic hydroxyl groups excluding tert-OH is 1. The SMILES string of the molecule is O=C(OCc1cc(C(F)(F)F)cc(C(F)(F)F)c1)[C@H](Cc1c[nH]c2ccccc12)NC(=O)[C@@H]1C[C@@H](O)CN1C(=O)c1cn(CCCCc2nnn[n-]2)c2ccccc12.[K+]. The van der Waals surface area contributed by atoms with Crippen LogP contribution in [0.3, 0.4) is 0 Å². The maximum Gasteiger partial charge on any atom is 1.00 e. The first-order valence-corrected chi connectivity index (χ1v) is 18.2. The van der Waals surface area contributed by atoms with Crippen LogP contribution in [0, 0.1) is 0 Å². The van der Waals surface area contributed by atoms with Crippen molar-refractivity contribution in [3.05, 3.63) is 113 Å². The average Bonchev–Trinajstić information content (AvgIpc) is 4.01. The number of rotatable bonds is 13. The van der Waals surface area contributed by atoms with Gasteiger partial charge in [0.05, 0.1) is 22.8 Å². The predicted octanol–water partition coefficient (Wildman–Crippen LogP) is 2.38. The number of carbonyl (C=O) groups is 3. The Balaban J connectivity index is 0.00000585. The summed E-state index contributed by atoms with van der Waals surface area (Å²) < 4.78 is 88.3. The van der Waals surface area contributed by atoms with Crippen molar-refractivity contribution in [2.75, 3.05) is 6.54 Å². The molecular weight excluding hydrogens is 814 g/mol. The molecule has 59 heavy (non-hydrogen) atoms. The number of ether oxygens (including phenoxy) is 1. The van der Waals surface area contributed by atoms with Crippen molar-refractivity contribution in [3.63, 3.8) is 0 Å². The number of benzene rings is 3. The molecule has 20 heteroatoms. The summed E-state index contributed by atoms with van der Waals surface area (Å²) in [6.45, 7) is -0.636. The molecule has 3 N–H and O–H groups in total. The Kier molecular flexibility index (Phi) is 13.7. The Labute approximate surface area is 374 Å². The predicted molar refractivity (Wildman–Crippen MR) is 194 cm³/mol. The number of tetrazole rings is 1. The van der Waals surface area contributed by atoms with Crippen LogP contribution in [0.4, 0.5) is 26.3 Å². The molecule has 1 aliphatic rings. The van der Waals surface area contributed by atoms with Crippen LogP contribution in [-0.2, 0) is 52.7 Å². The molecule has 3 aromatic carbocycles. The first-order chi connectivity index (χ1) is 27.7. The number of esters is 1. The van der Waals surface area contributed by atoms with Gasteiger partial charge in [0.15, 0.2) is 0 Å². The van der Waals surface area contributed by atoms with Gasteiger partial charge in [-0.1, -0.05) is 36.4 Å². The number of aromatic nitrogens is 6. The van der Waals surface area contributed by atoms with Gasteiger partial charge in [-0.3, -0.25) is 19.9 Å². The van der Waals surface area contributed by atoms with E-state index in [9.17, 15) is 45.8 Å². The Bertz CT molecular complexity index is 2400. The number of hydrogen-bond donors (Lipinski definition) is 3. The number of H-pyrrole nitrogens is 1. The Morgan fingerprint density at radius 1 is 0.966 bits per heavy atom. The number of amides is 2. The standard InChI is InChI=1S/C39H36F6N8O5.K/c40-38(41,42)24-13-22(14-25(16-24)39(43,44)45)21-58-37(57)31(15-23-18-46-30-9-3-1-7-27(23)30)47-35(55)33-17-26(54)19-53(33)36(56)29-20-52(32-10-4-2-8-28(29)32)12-6-5-11-34-48-50-51-49-34;/h1-4,7-10,13-14,16,18,20,26,31,33,46,54H,5-6,11-12,15,17,19,21H2,(H2,47,48,49,50,51,55);/q;+1/p-1/t26-,31+,33+;/m1./s1. The summed E-state index contributed by atoms with van der Waals surface area (Å²) in [5.74, 6) is -2.00. The Morgan fingerprint density at radius 3 is 2.36 bits per heavy atom. The number of halogens is 6. The minimum Gasteiger partial charge on any atom is -0.459 e. The third kappa shape index (κ3) is 10.2. The number of aromatic amines is 1. The minimum atomic E-state index is -5.12. The number of alkyl halides is 6. The number of carbonyl (C=O) groups excluding carboxylic acids is 3. The fourth-order valence-electron chi connectivity index (χ4n) is 7.21. The monoisotopic (exact) mass is 848 g/mol. The molecule has 0 saturated carbocycles. The molecule has 4 heterocycles. The molecule has 0 unspecified atom stereocenters. The smallest absolute Gasteiger partial charge is 0.459 e. The van der Waals surface area contributed by atoms with E-state index in [0.717, 1.165) is 11.9 Å². The quantitative estimate of drug-likeness (QED) is 0.0684. The Morgan fingerprint density at radius 2 is 1.66 bits per heavy atom. The summed E-state index contributed by atoms with van der Waals surface area (Å²) in [4.78, 5) is 46.2. The molecule has 304 valence electrons. The Hall–Kier alpha value is -4.60. The second-order valence-corrected chi connectivity index (χ2v) is 14.0. The van der Waals surface area contributed by atoms with Gasteiger partial charge in [-0.05, 0) is 60.7 Å². The summed E-state index contributed by atoms with van der Waals surface area (Å²) in [6.07, 6.45) is -6.44. The maximum atomic E-state index is 14.2. The van der Waals surface area contributed by atoms with Crippen molar-refractivity contribution in [1.82, 2.24) is 40.4 Å². The number of nitrogens with one attached hydrogen (secondary N) is 2. The zero-order chi connectivity index (χ0) is 41.2. The largest absolute Gasteiger partial charge is 1.00 e.